The van der Waals surface area contributed by atoms with E-state index in [1.54, 1.807) is 24.3 Å². The number of halogens is 3. The number of hydrogen-bond donors (Lipinski definition) is 2. The molecule has 0 saturated carbocycles. The second kappa shape index (κ2) is 8.24. The summed E-state index contributed by atoms with van der Waals surface area (Å²) < 4.78 is 5.35. The molecule has 0 unspecified atom stereocenters. The molecule has 24 heavy (non-hydrogen) atoms. The highest BCUT2D eigenvalue weighted by atomic mass is 35.5. The van der Waals surface area contributed by atoms with Crippen LogP contribution in [0.3, 0.4) is 0 Å². The van der Waals surface area contributed by atoms with E-state index < -0.39 is 11.8 Å². The van der Waals surface area contributed by atoms with E-state index in [1.807, 2.05) is 0 Å². The standard InChI is InChI=1S/C16H13Cl3N2O3/c17-10-6-12(19)14(7-11(10)18)24-8-16(23)21-13-4-2-1-3-9(13)5-15(20)22/h1-4,6-7H,5,8H2,(H2,20,22)(H,21,23). The lowest BCUT2D eigenvalue weighted by Crippen LogP contribution is -2.22. The van der Waals surface area contributed by atoms with Crippen molar-refractivity contribution < 1.29 is 14.3 Å². The third kappa shape index (κ3) is 5.03. The highest BCUT2D eigenvalue weighted by molar-refractivity contribution is 6.43. The van der Waals surface area contributed by atoms with E-state index in [9.17, 15) is 9.59 Å². The number of rotatable bonds is 6. The summed E-state index contributed by atoms with van der Waals surface area (Å²) in [6.07, 6.45) is 0.0237. The van der Waals surface area contributed by atoms with Crippen molar-refractivity contribution in [2.45, 2.75) is 6.42 Å². The van der Waals surface area contributed by atoms with Gasteiger partial charge in [0.05, 0.1) is 21.5 Å². The second-order valence-electron chi connectivity index (χ2n) is 4.83. The molecule has 2 rings (SSSR count). The van der Waals surface area contributed by atoms with Crippen LogP contribution in [0.25, 0.3) is 0 Å². The Morgan fingerprint density at radius 2 is 1.71 bits per heavy atom. The fourth-order valence-corrected chi connectivity index (χ4v) is 2.52. The van der Waals surface area contributed by atoms with E-state index in [0.29, 0.717) is 16.3 Å². The fourth-order valence-electron chi connectivity index (χ4n) is 1.93. The smallest absolute Gasteiger partial charge is 0.262 e. The lowest BCUT2D eigenvalue weighted by atomic mass is 10.1. The predicted octanol–water partition coefficient (Wildman–Crippen LogP) is 3.69. The van der Waals surface area contributed by atoms with Crippen molar-refractivity contribution in [3.8, 4) is 5.75 Å². The van der Waals surface area contributed by atoms with E-state index >= 15 is 0 Å². The number of primary amides is 1. The van der Waals surface area contributed by atoms with Crippen LogP contribution in [0, 0.1) is 0 Å². The van der Waals surface area contributed by atoms with Crippen molar-refractivity contribution in [2.75, 3.05) is 11.9 Å². The zero-order chi connectivity index (χ0) is 17.7. The van der Waals surface area contributed by atoms with Gasteiger partial charge in [-0.05, 0) is 17.7 Å². The van der Waals surface area contributed by atoms with Gasteiger partial charge in [0, 0.05) is 11.8 Å². The highest BCUT2D eigenvalue weighted by Gasteiger charge is 2.11. The molecular weight excluding hydrogens is 375 g/mol. The van der Waals surface area contributed by atoms with Crippen molar-refractivity contribution >= 4 is 52.3 Å². The molecule has 0 spiro atoms. The number of carbonyl (C=O) groups excluding carboxylic acids is 2. The van der Waals surface area contributed by atoms with Gasteiger partial charge in [0.2, 0.25) is 5.91 Å². The maximum absolute atomic E-state index is 12.0. The molecule has 2 amide bonds. The predicted molar refractivity (Wildman–Crippen MR) is 94.9 cm³/mol. The first kappa shape index (κ1) is 18.4. The average Bonchev–Trinajstić information content (AvgIpc) is 2.51. The fraction of sp³-hybridized carbons (Fsp3) is 0.125. The largest absolute Gasteiger partial charge is 0.482 e. The molecule has 0 aliphatic heterocycles. The minimum atomic E-state index is -0.490. The van der Waals surface area contributed by atoms with Gasteiger partial charge in [0.15, 0.2) is 6.61 Å². The summed E-state index contributed by atoms with van der Waals surface area (Å²) in [5.41, 5.74) is 6.30. The van der Waals surface area contributed by atoms with Gasteiger partial charge in [-0.2, -0.15) is 0 Å². The monoisotopic (exact) mass is 386 g/mol. The maximum atomic E-state index is 12.0. The van der Waals surface area contributed by atoms with Crippen LogP contribution in [0.2, 0.25) is 15.1 Å². The summed E-state index contributed by atoms with van der Waals surface area (Å²) in [5, 5.41) is 3.46. The second-order valence-corrected chi connectivity index (χ2v) is 6.06. The molecule has 0 radical (unpaired) electrons. The summed E-state index contributed by atoms with van der Waals surface area (Å²) in [6, 6.07) is 9.72. The highest BCUT2D eigenvalue weighted by Crippen LogP contribution is 2.33. The molecule has 0 saturated heterocycles. The molecule has 8 heteroatoms. The minimum absolute atomic E-state index is 0.0237. The summed E-state index contributed by atoms with van der Waals surface area (Å²) >= 11 is 17.7. The molecule has 0 aliphatic rings. The Balaban J connectivity index is 2.02. The van der Waals surface area contributed by atoms with Crippen LogP contribution in [0.5, 0.6) is 5.75 Å². The SMILES string of the molecule is NC(=O)Cc1ccccc1NC(=O)COc1cc(Cl)c(Cl)cc1Cl. The van der Waals surface area contributed by atoms with E-state index in [-0.39, 0.29) is 28.8 Å². The topological polar surface area (TPSA) is 81.4 Å². The molecule has 0 aliphatic carbocycles. The van der Waals surface area contributed by atoms with Gasteiger partial charge in [-0.3, -0.25) is 9.59 Å². The first-order valence-corrected chi connectivity index (χ1v) is 7.93. The number of para-hydroxylation sites is 1. The zero-order valence-corrected chi connectivity index (χ0v) is 14.6. The van der Waals surface area contributed by atoms with E-state index in [1.165, 1.54) is 12.1 Å². The number of amides is 2. The molecule has 0 fully saturated rings. The van der Waals surface area contributed by atoms with Gasteiger partial charge >= 0.3 is 0 Å². The van der Waals surface area contributed by atoms with Crippen LogP contribution in [-0.4, -0.2) is 18.4 Å². The number of anilines is 1. The average molecular weight is 388 g/mol. The first-order valence-electron chi connectivity index (χ1n) is 6.80. The maximum Gasteiger partial charge on any atom is 0.262 e. The number of hydrogen-bond acceptors (Lipinski definition) is 3. The van der Waals surface area contributed by atoms with Crippen molar-refractivity contribution in [1.29, 1.82) is 0 Å². The van der Waals surface area contributed by atoms with Gasteiger partial charge in [-0.15, -0.1) is 0 Å². The van der Waals surface area contributed by atoms with Crippen LogP contribution in [-0.2, 0) is 16.0 Å². The molecule has 3 N–H and O–H groups in total. The quantitative estimate of drug-likeness (QED) is 0.742. The summed E-state index contributed by atoms with van der Waals surface area (Å²) in [6.45, 7) is -0.289. The van der Waals surface area contributed by atoms with Crippen molar-refractivity contribution in [3.05, 3.63) is 57.0 Å². The van der Waals surface area contributed by atoms with Crippen LogP contribution in [0.1, 0.15) is 5.56 Å². The van der Waals surface area contributed by atoms with Crippen molar-refractivity contribution in [3.63, 3.8) is 0 Å². The third-order valence-corrected chi connectivity index (χ3v) is 4.01. The van der Waals surface area contributed by atoms with Gasteiger partial charge in [-0.1, -0.05) is 53.0 Å². The normalized spacial score (nSPS) is 10.3. The third-order valence-electron chi connectivity index (χ3n) is 2.99. The Labute approximate surface area is 153 Å². The number of carbonyl (C=O) groups is 2. The van der Waals surface area contributed by atoms with E-state index in [0.717, 1.165) is 0 Å². The molecule has 0 bridgehead atoms. The molecular formula is C16H13Cl3N2O3. The summed E-state index contributed by atoms with van der Waals surface area (Å²) in [5.74, 6) is -0.670. The van der Waals surface area contributed by atoms with Crippen LogP contribution >= 0.6 is 34.8 Å². The van der Waals surface area contributed by atoms with Gasteiger partial charge < -0.3 is 15.8 Å². The van der Waals surface area contributed by atoms with Crippen molar-refractivity contribution in [1.82, 2.24) is 0 Å². The number of nitrogens with one attached hydrogen (secondary N) is 1. The Morgan fingerprint density at radius 3 is 2.42 bits per heavy atom. The van der Waals surface area contributed by atoms with Crippen LogP contribution < -0.4 is 15.8 Å². The number of ether oxygens (including phenoxy) is 1. The summed E-state index contributed by atoms with van der Waals surface area (Å²) in [4.78, 5) is 23.1. The lowest BCUT2D eigenvalue weighted by Gasteiger charge is -2.12. The van der Waals surface area contributed by atoms with Crippen LogP contribution in [0.4, 0.5) is 5.69 Å². The molecule has 0 heterocycles. The lowest BCUT2D eigenvalue weighted by molar-refractivity contribution is -0.118. The molecule has 2 aromatic carbocycles. The van der Waals surface area contributed by atoms with E-state index in [2.05, 4.69) is 5.32 Å². The Kier molecular flexibility index (Phi) is 6.31. The van der Waals surface area contributed by atoms with Gasteiger partial charge in [0.1, 0.15) is 5.75 Å². The van der Waals surface area contributed by atoms with Crippen molar-refractivity contribution in [2.24, 2.45) is 5.73 Å². The minimum Gasteiger partial charge on any atom is -0.482 e. The Hall–Kier alpha value is -1.95. The molecule has 126 valence electrons. The molecule has 0 aromatic heterocycles. The molecule has 0 atom stereocenters. The number of nitrogens with two attached hydrogens (primary N) is 1. The number of benzene rings is 2. The molecule has 5 nitrogen and oxygen atoms in total. The van der Waals surface area contributed by atoms with Gasteiger partial charge in [0.25, 0.3) is 5.91 Å². The van der Waals surface area contributed by atoms with E-state index in [4.69, 9.17) is 45.3 Å². The van der Waals surface area contributed by atoms with Gasteiger partial charge in [-0.25, -0.2) is 0 Å². The van der Waals surface area contributed by atoms with Crippen LogP contribution in [0.15, 0.2) is 36.4 Å². The Bertz CT molecular complexity index is 781. The molecule has 2 aromatic rings. The first-order chi connectivity index (χ1) is 11.4. The summed E-state index contributed by atoms with van der Waals surface area (Å²) in [7, 11) is 0. The Morgan fingerprint density at radius 1 is 1.04 bits per heavy atom. The zero-order valence-electron chi connectivity index (χ0n) is 12.3.